The number of hydrogen-bond donors (Lipinski definition) is 1. The standard InChI is InChI=1S/C10H12N4O3/c1-7(10(6-15)12-13-11)8-2-4-9(5-3-8)14(16)17/h2-5,7,10,15H,6H2,1H3/t7-,10-/m1/s1. The van der Waals surface area contributed by atoms with E-state index in [0.717, 1.165) is 5.56 Å². The Morgan fingerprint density at radius 1 is 1.53 bits per heavy atom. The third-order valence-corrected chi connectivity index (χ3v) is 2.59. The van der Waals surface area contributed by atoms with Crippen LogP contribution in [0.1, 0.15) is 18.4 Å². The topological polar surface area (TPSA) is 112 Å². The van der Waals surface area contributed by atoms with E-state index in [1.165, 1.54) is 12.1 Å². The molecule has 0 fully saturated rings. The summed E-state index contributed by atoms with van der Waals surface area (Å²) in [5.74, 6) is -0.197. The maximum atomic E-state index is 10.5. The van der Waals surface area contributed by atoms with E-state index in [0.29, 0.717) is 0 Å². The number of aliphatic hydroxyl groups excluding tert-OH is 1. The summed E-state index contributed by atoms with van der Waals surface area (Å²) in [5, 5.41) is 23.0. The van der Waals surface area contributed by atoms with Crippen LogP contribution in [-0.4, -0.2) is 22.7 Å². The van der Waals surface area contributed by atoms with Crippen LogP contribution < -0.4 is 0 Å². The van der Waals surface area contributed by atoms with Gasteiger partial charge in [-0.05, 0) is 17.0 Å². The van der Waals surface area contributed by atoms with E-state index < -0.39 is 11.0 Å². The lowest BCUT2D eigenvalue weighted by atomic mass is 9.94. The van der Waals surface area contributed by atoms with Gasteiger partial charge in [0.05, 0.1) is 17.6 Å². The van der Waals surface area contributed by atoms with E-state index in [9.17, 15) is 10.1 Å². The molecule has 0 heterocycles. The highest BCUT2D eigenvalue weighted by Gasteiger charge is 2.17. The molecular weight excluding hydrogens is 224 g/mol. The third-order valence-electron chi connectivity index (χ3n) is 2.59. The maximum absolute atomic E-state index is 10.5. The highest BCUT2D eigenvalue weighted by atomic mass is 16.6. The van der Waals surface area contributed by atoms with E-state index in [2.05, 4.69) is 10.0 Å². The fraction of sp³-hybridized carbons (Fsp3) is 0.400. The molecule has 7 heteroatoms. The van der Waals surface area contributed by atoms with E-state index >= 15 is 0 Å². The van der Waals surface area contributed by atoms with Gasteiger partial charge in [0.1, 0.15) is 0 Å². The van der Waals surface area contributed by atoms with Crippen LogP contribution >= 0.6 is 0 Å². The van der Waals surface area contributed by atoms with Crippen LogP contribution in [0.25, 0.3) is 10.4 Å². The first-order chi connectivity index (χ1) is 8.10. The quantitative estimate of drug-likeness (QED) is 0.278. The average Bonchev–Trinajstić information content (AvgIpc) is 2.35. The number of benzene rings is 1. The molecule has 0 radical (unpaired) electrons. The minimum atomic E-state index is -0.568. The zero-order valence-corrected chi connectivity index (χ0v) is 9.22. The van der Waals surface area contributed by atoms with Crippen molar-refractivity contribution >= 4 is 5.69 Å². The minimum absolute atomic E-state index is 0.00489. The minimum Gasteiger partial charge on any atom is -0.396 e. The van der Waals surface area contributed by atoms with Gasteiger partial charge in [0.2, 0.25) is 0 Å². The average molecular weight is 236 g/mol. The Labute approximate surface area is 97.5 Å². The second kappa shape index (κ2) is 5.83. The largest absolute Gasteiger partial charge is 0.396 e. The molecule has 0 saturated carbocycles. The van der Waals surface area contributed by atoms with E-state index in [-0.39, 0.29) is 18.2 Å². The maximum Gasteiger partial charge on any atom is 0.269 e. The lowest BCUT2D eigenvalue weighted by Gasteiger charge is -2.17. The van der Waals surface area contributed by atoms with Gasteiger partial charge < -0.3 is 5.11 Å². The highest BCUT2D eigenvalue weighted by Crippen LogP contribution is 2.23. The second-order valence-electron chi connectivity index (χ2n) is 3.59. The molecule has 1 aromatic rings. The van der Waals surface area contributed by atoms with Gasteiger partial charge in [-0.1, -0.05) is 24.2 Å². The second-order valence-corrected chi connectivity index (χ2v) is 3.59. The lowest BCUT2D eigenvalue weighted by Crippen LogP contribution is -2.17. The van der Waals surface area contributed by atoms with Crippen molar-refractivity contribution in [3.8, 4) is 0 Å². The fourth-order valence-electron chi connectivity index (χ4n) is 1.48. The third kappa shape index (κ3) is 3.17. The van der Waals surface area contributed by atoms with Crippen molar-refractivity contribution < 1.29 is 10.0 Å². The molecule has 0 amide bonds. The number of rotatable bonds is 5. The smallest absolute Gasteiger partial charge is 0.269 e. The van der Waals surface area contributed by atoms with Gasteiger partial charge in [-0.25, -0.2) is 0 Å². The van der Waals surface area contributed by atoms with E-state index in [1.54, 1.807) is 19.1 Å². The molecule has 0 aliphatic carbocycles. The van der Waals surface area contributed by atoms with Crippen molar-refractivity contribution in [1.29, 1.82) is 0 Å². The molecule has 7 nitrogen and oxygen atoms in total. The number of nitro groups is 1. The molecule has 1 aromatic carbocycles. The molecule has 17 heavy (non-hydrogen) atoms. The van der Waals surface area contributed by atoms with Crippen molar-refractivity contribution in [3.63, 3.8) is 0 Å². The first-order valence-corrected chi connectivity index (χ1v) is 4.99. The van der Waals surface area contributed by atoms with Crippen molar-refractivity contribution in [2.45, 2.75) is 18.9 Å². The molecule has 0 saturated heterocycles. The monoisotopic (exact) mass is 236 g/mol. The summed E-state index contributed by atoms with van der Waals surface area (Å²) in [5.41, 5.74) is 9.12. The Bertz CT molecular complexity index is 439. The van der Waals surface area contributed by atoms with Crippen LogP contribution in [0.2, 0.25) is 0 Å². The van der Waals surface area contributed by atoms with Gasteiger partial charge in [0.15, 0.2) is 0 Å². The molecule has 0 spiro atoms. The van der Waals surface area contributed by atoms with Crippen molar-refractivity contribution in [3.05, 3.63) is 50.4 Å². The van der Waals surface area contributed by atoms with Crippen LogP contribution in [0, 0.1) is 10.1 Å². The highest BCUT2D eigenvalue weighted by molar-refractivity contribution is 5.34. The zero-order valence-electron chi connectivity index (χ0n) is 9.22. The number of aliphatic hydroxyl groups is 1. The van der Waals surface area contributed by atoms with Gasteiger partial charge >= 0.3 is 0 Å². The summed E-state index contributed by atoms with van der Waals surface area (Å²) < 4.78 is 0. The predicted molar refractivity (Wildman–Crippen MR) is 61.5 cm³/mol. The van der Waals surface area contributed by atoms with Crippen molar-refractivity contribution in [1.82, 2.24) is 0 Å². The Morgan fingerprint density at radius 3 is 2.53 bits per heavy atom. The summed E-state index contributed by atoms with van der Waals surface area (Å²) in [6.07, 6.45) is 0. The number of hydrogen-bond acceptors (Lipinski definition) is 4. The molecule has 0 unspecified atom stereocenters. The van der Waals surface area contributed by atoms with Gasteiger partial charge in [0, 0.05) is 17.0 Å². The van der Waals surface area contributed by atoms with E-state index in [1.807, 2.05) is 0 Å². The lowest BCUT2D eigenvalue weighted by molar-refractivity contribution is -0.384. The van der Waals surface area contributed by atoms with Crippen molar-refractivity contribution in [2.24, 2.45) is 5.11 Å². The summed E-state index contributed by atoms with van der Waals surface area (Å²) >= 11 is 0. The van der Waals surface area contributed by atoms with Crippen LogP contribution in [-0.2, 0) is 0 Å². The SMILES string of the molecule is C[C@H](c1ccc([N+](=O)[O-])cc1)[C@@H](CO)N=[N+]=[N-]. The van der Waals surface area contributed by atoms with Crippen LogP contribution in [0.15, 0.2) is 29.4 Å². The van der Waals surface area contributed by atoms with Crippen molar-refractivity contribution in [2.75, 3.05) is 6.61 Å². The Balaban J connectivity index is 2.92. The number of nitro benzene ring substituents is 1. The van der Waals surface area contributed by atoms with Gasteiger partial charge in [0.25, 0.3) is 5.69 Å². The Morgan fingerprint density at radius 2 is 2.12 bits per heavy atom. The molecule has 2 atom stereocenters. The number of azide groups is 1. The normalized spacial score (nSPS) is 13.5. The predicted octanol–water partition coefficient (Wildman–Crippen LogP) is 2.37. The summed E-state index contributed by atoms with van der Waals surface area (Å²) in [4.78, 5) is 12.6. The molecule has 90 valence electrons. The molecular formula is C10H12N4O3. The first kappa shape index (κ1) is 13.0. The fourth-order valence-corrected chi connectivity index (χ4v) is 1.48. The molecule has 0 bridgehead atoms. The molecule has 0 aliphatic heterocycles. The molecule has 0 aliphatic rings. The molecule has 0 aromatic heterocycles. The summed E-state index contributed by atoms with van der Waals surface area (Å²) in [7, 11) is 0. The summed E-state index contributed by atoms with van der Waals surface area (Å²) in [6.45, 7) is 1.53. The Kier molecular flexibility index (Phi) is 4.45. The van der Waals surface area contributed by atoms with Crippen LogP contribution in [0.4, 0.5) is 5.69 Å². The van der Waals surface area contributed by atoms with Gasteiger partial charge in [-0.3, -0.25) is 10.1 Å². The van der Waals surface area contributed by atoms with Crippen LogP contribution in [0.3, 0.4) is 0 Å². The first-order valence-electron chi connectivity index (χ1n) is 4.99. The molecule has 1 N–H and O–H groups in total. The Hall–Kier alpha value is -2.11. The summed E-state index contributed by atoms with van der Waals surface area (Å²) in [6, 6.07) is 5.39. The van der Waals surface area contributed by atoms with Crippen LogP contribution in [0.5, 0.6) is 0 Å². The van der Waals surface area contributed by atoms with Gasteiger partial charge in [-0.15, -0.1) is 0 Å². The zero-order chi connectivity index (χ0) is 12.8. The molecule has 1 rings (SSSR count). The van der Waals surface area contributed by atoms with E-state index in [4.69, 9.17) is 10.6 Å². The number of nitrogens with zero attached hydrogens (tertiary/aromatic N) is 4. The number of non-ortho nitro benzene ring substituents is 1. The van der Waals surface area contributed by atoms with Gasteiger partial charge in [-0.2, -0.15) is 0 Å².